The Kier molecular flexibility index (Phi) is 4.73. The molecule has 0 saturated carbocycles. The molecule has 0 aliphatic carbocycles. The smallest absolute Gasteiger partial charge is 0.353 e. The Morgan fingerprint density at radius 1 is 1.08 bits per heavy atom. The van der Waals surface area contributed by atoms with Crippen molar-refractivity contribution < 1.29 is 4.92 Å². The molecule has 2 N–H and O–H groups in total. The van der Waals surface area contributed by atoms with Crippen molar-refractivity contribution in [2.45, 2.75) is 39.5 Å². The maximum atomic E-state index is 11.5. The van der Waals surface area contributed by atoms with Gasteiger partial charge in [-0.2, -0.15) is 9.97 Å². The fourth-order valence-electron chi connectivity index (χ4n) is 3.91. The van der Waals surface area contributed by atoms with Crippen LogP contribution in [0.1, 0.15) is 39.5 Å². The predicted octanol–water partition coefficient (Wildman–Crippen LogP) is 2.44. The topological polar surface area (TPSA) is 101 Å². The molecule has 132 valence electrons. The average molecular weight is 334 g/mol. The second kappa shape index (κ2) is 6.78. The number of nitrogen functional groups attached to an aromatic ring is 1. The van der Waals surface area contributed by atoms with Crippen molar-refractivity contribution in [1.29, 1.82) is 0 Å². The predicted molar refractivity (Wildman–Crippen MR) is 94.3 cm³/mol. The fraction of sp³-hybridized carbons (Fsp3) is 0.750. The third kappa shape index (κ3) is 3.37. The van der Waals surface area contributed by atoms with Gasteiger partial charge in [0.2, 0.25) is 17.6 Å². The van der Waals surface area contributed by atoms with Crippen LogP contribution in [0.4, 0.5) is 23.3 Å². The van der Waals surface area contributed by atoms with E-state index in [0.717, 1.165) is 45.4 Å². The molecule has 1 aromatic rings. The highest BCUT2D eigenvalue weighted by atomic mass is 16.6. The van der Waals surface area contributed by atoms with Crippen molar-refractivity contribution in [1.82, 2.24) is 9.97 Å². The third-order valence-electron chi connectivity index (χ3n) is 4.87. The SMILES string of the molecule is C[C@@H]1C[C@@H](C)CN(c2nc(N3CCCCC3)nc(N)c2[N+](=O)[O-])C1. The largest absolute Gasteiger partial charge is 0.378 e. The molecular weight excluding hydrogens is 308 g/mol. The van der Waals surface area contributed by atoms with Crippen molar-refractivity contribution >= 4 is 23.3 Å². The zero-order chi connectivity index (χ0) is 17.3. The molecule has 8 heteroatoms. The Bertz CT molecular complexity index is 607. The van der Waals surface area contributed by atoms with E-state index in [9.17, 15) is 10.1 Å². The van der Waals surface area contributed by atoms with Gasteiger partial charge in [0, 0.05) is 26.2 Å². The van der Waals surface area contributed by atoms with Crippen molar-refractivity contribution in [3.05, 3.63) is 10.1 Å². The molecule has 2 aliphatic heterocycles. The number of nitrogens with zero attached hydrogens (tertiary/aromatic N) is 5. The van der Waals surface area contributed by atoms with Crippen molar-refractivity contribution in [2.24, 2.45) is 11.8 Å². The number of aromatic nitrogens is 2. The number of nitrogens with two attached hydrogens (primary N) is 1. The summed E-state index contributed by atoms with van der Waals surface area (Å²) >= 11 is 0. The average Bonchev–Trinajstić information content (AvgIpc) is 2.53. The zero-order valence-corrected chi connectivity index (χ0v) is 14.4. The van der Waals surface area contributed by atoms with Gasteiger partial charge in [0.05, 0.1) is 4.92 Å². The first-order valence-electron chi connectivity index (χ1n) is 8.77. The summed E-state index contributed by atoms with van der Waals surface area (Å²) in [6, 6.07) is 0. The van der Waals surface area contributed by atoms with E-state index >= 15 is 0 Å². The van der Waals surface area contributed by atoms with Gasteiger partial charge in [-0.25, -0.2) is 0 Å². The quantitative estimate of drug-likeness (QED) is 0.669. The molecule has 0 bridgehead atoms. The highest BCUT2D eigenvalue weighted by molar-refractivity contribution is 5.71. The summed E-state index contributed by atoms with van der Waals surface area (Å²) in [7, 11) is 0. The normalized spacial score (nSPS) is 24.9. The van der Waals surface area contributed by atoms with Crippen LogP contribution in [0.2, 0.25) is 0 Å². The van der Waals surface area contributed by atoms with Gasteiger partial charge in [-0.15, -0.1) is 0 Å². The molecule has 2 saturated heterocycles. The molecule has 3 rings (SSSR count). The molecule has 0 aromatic carbocycles. The van der Waals surface area contributed by atoms with E-state index in [0.29, 0.717) is 23.6 Å². The van der Waals surface area contributed by atoms with Gasteiger partial charge in [0.25, 0.3) is 0 Å². The van der Waals surface area contributed by atoms with E-state index in [4.69, 9.17) is 5.73 Å². The van der Waals surface area contributed by atoms with Crippen LogP contribution in [0, 0.1) is 22.0 Å². The first-order chi connectivity index (χ1) is 11.5. The fourth-order valence-corrected chi connectivity index (χ4v) is 3.91. The summed E-state index contributed by atoms with van der Waals surface area (Å²) in [5.41, 5.74) is 5.80. The maximum absolute atomic E-state index is 11.5. The number of hydrogen-bond donors (Lipinski definition) is 1. The van der Waals surface area contributed by atoms with E-state index < -0.39 is 4.92 Å². The molecule has 0 amide bonds. The van der Waals surface area contributed by atoms with E-state index in [-0.39, 0.29) is 11.5 Å². The molecule has 8 nitrogen and oxygen atoms in total. The minimum absolute atomic E-state index is 0.0311. The summed E-state index contributed by atoms with van der Waals surface area (Å²) in [5.74, 6) is 1.83. The summed E-state index contributed by atoms with van der Waals surface area (Å²) in [5, 5.41) is 11.5. The number of rotatable bonds is 3. The van der Waals surface area contributed by atoms with Crippen LogP contribution in [0.25, 0.3) is 0 Å². The Labute approximate surface area is 142 Å². The second-order valence-electron chi connectivity index (χ2n) is 7.24. The highest BCUT2D eigenvalue weighted by Crippen LogP contribution is 2.36. The Balaban J connectivity index is 2.00. The minimum atomic E-state index is -0.450. The Hall–Kier alpha value is -2.12. The lowest BCUT2D eigenvalue weighted by molar-refractivity contribution is -0.383. The van der Waals surface area contributed by atoms with E-state index in [2.05, 4.69) is 28.7 Å². The van der Waals surface area contributed by atoms with Crippen LogP contribution in [-0.2, 0) is 0 Å². The highest BCUT2D eigenvalue weighted by Gasteiger charge is 2.32. The van der Waals surface area contributed by atoms with Crippen LogP contribution in [0.3, 0.4) is 0 Å². The molecule has 24 heavy (non-hydrogen) atoms. The summed E-state index contributed by atoms with van der Waals surface area (Å²) in [4.78, 5) is 24.0. The summed E-state index contributed by atoms with van der Waals surface area (Å²) < 4.78 is 0. The number of anilines is 3. The van der Waals surface area contributed by atoms with Crippen molar-refractivity contribution in [3.63, 3.8) is 0 Å². The monoisotopic (exact) mass is 334 g/mol. The van der Waals surface area contributed by atoms with Crippen LogP contribution in [0.15, 0.2) is 0 Å². The molecule has 2 atom stereocenters. The van der Waals surface area contributed by atoms with Gasteiger partial charge >= 0.3 is 5.69 Å². The van der Waals surface area contributed by atoms with Crippen LogP contribution in [-0.4, -0.2) is 41.1 Å². The van der Waals surface area contributed by atoms with Crippen LogP contribution < -0.4 is 15.5 Å². The lowest BCUT2D eigenvalue weighted by atomic mass is 9.92. The van der Waals surface area contributed by atoms with Crippen LogP contribution >= 0.6 is 0 Å². The van der Waals surface area contributed by atoms with Gasteiger partial charge in [-0.3, -0.25) is 10.1 Å². The van der Waals surface area contributed by atoms with Crippen molar-refractivity contribution in [3.8, 4) is 0 Å². The van der Waals surface area contributed by atoms with Gasteiger partial charge in [0.15, 0.2) is 0 Å². The first-order valence-corrected chi connectivity index (χ1v) is 8.77. The van der Waals surface area contributed by atoms with E-state index in [1.54, 1.807) is 0 Å². The minimum Gasteiger partial charge on any atom is -0.378 e. The van der Waals surface area contributed by atoms with Gasteiger partial charge in [-0.05, 0) is 37.5 Å². The molecule has 0 spiro atoms. The van der Waals surface area contributed by atoms with Gasteiger partial charge in [0.1, 0.15) is 0 Å². The molecule has 2 aliphatic rings. The number of hydrogen-bond acceptors (Lipinski definition) is 7. The second-order valence-corrected chi connectivity index (χ2v) is 7.24. The van der Waals surface area contributed by atoms with Crippen LogP contribution in [0.5, 0.6) is 0 Å². The third-order valence-corrected chi connectivity index (χ3v) is 4.87. The number of piperidine rings is 2. The zero-order valence-electron chi connectivity index (χ0n) is 14.4. The van der Waals surface area contributed by atoms with E-state index in [1.807, 2.05) is 4.90 Å². The lowest BCUT2D eigenvalue weighted by Crippen LogP contribution is -2.40. The molecular formula is C16H26N6O2. The maximum Gasteiger partial charge on any atom is 0.353 e. The standard InChI is InChI=1S/C16H26N6O2/c1-11-8-12(2)10-21(9-11)15-13(22(23)24)14(17)18-16(19-15)20-6-4-3-5-7-20/h11-12H,3-10H2,1-2H3,(H2,17,18,19)/t11-,12-/m1/s1. The molecule has 1 aromatic heterocycles. The molecule has 3 heterocycles. The Morgan fingerprint density at radius 2 is 1.71 bits per heavy atom. The lowest BCUT2D eigenvalue weighted by Gasteiger charge is -2.36. The first kappa shape index (κ1) is 16.7. The van der Waals surface area contributed by atoms with E-state index in [1.165, 1.54) is 6.42 Å². The van der Waals surface area contributed by atoms with Crippen molar-refractivity contribution in [2.75, 3.05) is 41.7 Å². The Morgan fingerprint density at radius 3 is 2.29 bits per heavy atom. The molecule has 0 radical (unpaired) electrons. The summed E-state index contributed by atoms with van der Waals surface area (Å²) in [6.07, 6.45) is 4.51. The van der Waals surface area contributed by atoms with Gasteiger partial charge < -0.3 is 15.5 Å². The molecule has 2 fully saturated rings. The molecule has 0 unspecified atom stereocenters. The number of nitro groups is 1. The summed E-state index contributed by atoms with van der Waals surface area (Å²) in [6.45, 7) is 7.63. The van der Waals surface area contributed by atoms with Gasteiger partial charge in [-0.1, -0.05) is 13.8 Å².